The number of rotatable bonds is 4. The molecule has 0 saturated carbocycles. The first kappa shape index (κ1) is 16.7. The predicted molar refractivity (Wildman–Crippen MR) is 109 cm³/mol. The van der Waals surface area contributed by atoms with Crippen molar-refractivity contribution >= 4 is 17.2 Å². The summed E-state index contributed by atoms with van der Waals surface area (Å²) in [5.74, 6) is 0.310. The van der Waals surface area contributed by atoms with Crippen LogP contribution in [0.3, 0.4) is 0 Å². The van der Waals surface area contributed by atoms with Crippen LogP contribution in [0.5, 0.6) is 0 Å². The Morgan fingerprint density at radius 2 is 1.22 bits per heavy atom. The van der Waals surface area contributed by atoms with Crippen LogP contribution in [0.15, 0.2) is 103 Å². The lowest BCUT2D eigenvalue weighted by Crippen LogP contribution is -2.26. The Hall–Kier alpha value is -3.79. The molecule has 2 aromatic carbocycles. The van der Waals surface area contributed by atoms with Crippen LogP contribution in [0.25, 0.3) is 11.4 Å². The van der Waals surface area contributed by atoms with Gasteiger partial charge < -0.3 is 0 Å². The topological polar surface area (TPSA) is 52.9 Å². The molecule has 0 fully saturated rings. The Bertz CT molecular complexity index is 992. The molecule has 4 rings (SSSR count). The van der Waals surface area contributed by atoms with Gasteiger partial charge in [-0.25, -0.2) is 4.98 Å². The molecule has 0 unspecified atom stereocenters. The fourth-order valence-electron chi connectivity index (χ4n) is 2.90. The van der Waals surface area contributed by atoms with E-state index in [0.29, 0.717) is 11.5 Å². The molecule has 0 amide bonds. The van der Waals surface area contributed by atoms with E-state index in [4.69, 9.17) is 5.41 Å². The summed E-state index contributed by atoms with van der Waals surface area (Å²) in [6, 6.07) is 31.2. The van der Waals surface area contributed by atoms with E-state index < -0.39 is 0 Å². The largest absolute Gasteiger partial charge is 0.294 e. The van der Waals surface area contributed by atoms with Gasteiger partial charge in [0.2, 0.25) is 0 Å². The third kappa shape index (κ3) is 3.60. The zero-order chi connectivity index (χ0) is 18.5. The van der Waals surface area contributed by atoms with Crippen LogP contribution in [0.4, 0.5) is 11.4 Å². The van der Waals surface area contributed by atoms with Crippen molar-refractivity contribution in [2.45, 2.75) is 0 Å². The predicted octanol–water partition coefficient (Wildman–Crippen LogP) is 5.31. The standard InChI is InChI=1S/C23H18N4/c24-23(22-16-9-15-21(26-22)20-14-7-8-17-25-20)27(18-10-3-1-4-11-18)19-12-5-2-6-13-19/h1-17,24H. The summed E-state index contributed by atoms with van der Waals surface area (Å²) in [5.41, 5.74) is 3.96. The highest BCUT2D eigenvalue weighted by atomic mass is 15.2. The van der Waals surface area contributed by atoms with Gasteiger partial charge >= 0.3 is 0 Å². The lowest BCUT2D eigenvalue weighted by molar-refractivity contribution is 1.19. The van der Waals surface area contributed by atoms with Crippen molar-refractivity contribution in [3.8, 4) is 11.4 Å². The van der Waals surface area contributed by atoms with Crippen molar-refractivity contribution in [1.82, 2.24) is 9.97 Å². The molecule has 27 heavy (non-hydrogen) atoms. The highest BCUT2D eigenvalue weighted by Crippen LogP contribution is 2.27. The van der Waals surface area contributed by atoms with Gasteiger partial charge in [0.25, 0.3) is 0 Å². The molecule has 0 aliphatic rings. The fourth-order valence-corrected chi connectivity index (χ4v) is 2.90. The highest BCUT2D eigenvalue weighted by Gasteiger charge is 2.18. The van der Waals surface area contributed by atoms with E-state index in [1.165, 1.54) is 0 Å². The van der Waals surface area contributed by atoms with Gasteiger partial charge in [0.05, 0.1) is 11.4 Å². The average Bonchev–Trinajstić information content (AvgIpc) is 2.76. The van der Waals surface area contributed by atoms with Gasteiger partial charge in [-0.1, -0.05) is 48.5 Å². The maximum atomic E-state index is 8.86. The van der Waals surface area contributed by atoms with Crippen molar-refractivity contribution in [1.29, 1.82) is 5.41 Å². The molecule has 0 aliphatic carbocycles. The summed E-state index contributed by atoms with van der Waals surface area (Å²) >= 11 is 0. The number of anilines is 2. The van der Waals surface area contributed by atoms with Gasteiger partial charge in [0.1, 0.15) is 5.69 Å². The third-order valence-electron chi connectivity index (χ3n) is 4.17. The van der Waals surface area contributed by atoms with Gasteiger partial charge in [-0.3, -0.25) is 15.3 Å². The molecule has 4 heteroatoms. The van der Waals surface area contributed by atoms with Crippen LogP contribution < -0.4 is 4.90 Å². The van der Waals surface area contributed by atoms with Crippen LogP contribution in [-0.2, 0) is 0 Å². The van der Waals surface area contributed by atoms with Crippen molar-refractivity contribution < 1.29 is 0 Å². The van der Waals surface area contributed by atoms with Gasteiger partial charge in [-0.15, -0.1) is 0 Å². The Balaban J connectivity index is 1.77. The summed E-state index contributed by atoms with van der Waals surface area (Å²) in [4.78, 5) is 10.9. The summed E-state index contributed by atoms with van der Waals surface area (Å²) < 4.78 is 0. The number of benzene rings is 2. The number of nitrogens with zero attached hydrogens (tertiary/aromatic N) is 3. The number of hydrogen-bond acceptors (Lipinski definition) is 3. The van der Waals surface area contributed by atoms with Crippen LogP contribution in [0.2, 0.25) is 0 Å². The molecule has 0 spiro atoms. The van der Waals surface area contributed by atoms with Gasteiger partial charge in [0.15, 0.2) is 5.84 Å². The number of hydrogen-bond donors (Lipinski definition) is 1. The quantitative estimate of drug-likeness (QED) is 0.401. The minimum atomic E-state index is 0.310. The van der Waals surface area contributed by atoms with Gasteiger partial charge in [-0.2, -0.15) is 0 Å². The maximum absolute atomic E-state index is 8.86. The van der Waals surface area contributed by atoms with Gasteiger partial charge in [0, 0.05) is 17.6 Å². The molecule has 0 aliphatic heterocycles. The zero-order valence-corrected chi connectivity index (χ0v) is 14.7. The van der Waals surface area contributed by atoms with Crippen molar-refractivity contribution in [3.05, 3.63) is 109 Å². The first-order chi connectivity index (χ1) is 13.3. The van der Waals surface area contributed by atoms with E-state index in [0.717, 1.165) is 22.8 Å². The van der Waals surface area contributed by atoms with E-state index in [1.807, 2.05) is 102 Å². The molecular formula is C23H18N4. The summed E-state index contributed by atoms with van der Waals surface area (Å²) in [6.45, 7) is 0. The van der Waals surface area contributed by atoms with Crippen LogP contribution in [0, 0.1) is 5.41 Å². The van der Waals surface area contributed by atoms with E-state index in [9.17, 15) is 0 Å². The normalized spacial score (nSPS) is 10.4. The number of pyridine rings is 2. The Kier molecular flexibility index (Phi) is 4.70. The molecule has 0 radical (unpaired) electrons. The molecular weight excluding hydrogens is 332 g/mol. The van der Waals surface area contributed by atoms with E-state index in [-0.39, 0.29) is 0 Å². The second kappa shape index (κ2) is 7.62. The Morgan fingerprint density at radius 1 is 0.630 bits per heavy atom. The lowest BCUT2D eigenvalue weighted by atomic mass is 10.2. The highest BCUT2D eigenvalue weighted by molar-refractivity contribution is 6.11. The maximum Gasteiger partial charge on any atom is 0.156 e. The lowest BCUT2D eigenvalue weighted by Gasteiger charge is -2.25. The average molecular weight is 350 g/mol. The molecule has 2 aromatic heterocycles. The molecule has 0 bridgehead atoms. The number of nitrogens with one attached hydrogen (secondary N) is 1. The van der Waals surface area contributed by atoms with E-state index in [1.54, 1.807) is 6.20 Å². The summed E-state index contributed by atoms with van der Waals surface area (Å²) in [6.07, 6.45) is 1.75. The molecule has 0 atom stereocenters. The minimum Gasteiger partial charge on any atom is -0.294 e. The third-order valence-corrected chi connectivity index (χ3v) is 4.17. The fraction of sp³-hybridized carbons (Fsp3) is 0. The number of aromatic nitrogens is 2. The first-order valence-electron chi connectivity index (χ1n) is 8.70. The van der Waals surface area contributed by atoms with Gasteiger partial charge in [-0.05, 0) is 48.5 Å². The molecule has 4 aromatic rings. The summed E-state index contributed by atoms with van der Waals surface area (Å²) in [5, 5.41) is 8.86. The number of para-hydroxylation sites is 2. The Labute approximate surface area is 158 Å². The minimum absolute atomic E-state index is 0.310. The van der Waals surface area contributed by atoms with Crippen molar-refractivity contribution in [2.24, 2.45) is 0 Å². The Morgan fingerprint density at radius 3 is 1.81 bits per heavy atom. The smallest absolute Gasteiger partial charge is 0.156 e. The second-order valence-corrected chi connectivity index (χ2v) is 5.98. The number of amidine groups is 1. The second-order valence-electron chi connectivity index (χ2n) is 5.98. The first-order valence-corrected chi connectivity index (χ1v) is 8.70. The monoisotopic (exact) mass is 350 g/mol. The molecule has 2 heterocycles. The molecule has 4 nitrogen and oxygen atoms in total. The zero-order valence-electron chi connectivity index (χ0n) is 14.7. The van der Waals surface area contributed by atoms with E-state index in [2.05, 4.69) is 9.97 Å². The molecule has 0 saturated heterocycles. The van der Waals surface area contributed by atoms with E-state index >= 15 is 0 Å². The van der Waals surface area contributed by atoms with Crippen LogP contribution >= 0.6 is 0 Å². The van der Waals surface area contributed by atoms with Crippen molar-refractivity contribution in [2.75, 3.05) is 4.90 Å². The molecule has 1 N–H and O–H groups in total. The van der Waals surface area contributed by atoms with Crippen LogP contribution in [0.1, 0.15) is 5.69 Å². The summed E-state index contributed by atoms with van der Waals surface area (Å²) in [7, 11) is 0. The van der Waals surface area contributed by atoms with Crippen LogP contribution in [-0.4, -0.2) is 15.8 Å². The van der Waals surface area contributed by atoms with Crippen molar-refractivity contribution in [3.63, 3.8) is 0 Å². The molecule has 130 valence electrons. The SMILES string of the molecule is N=C(c1cccc(-c2ccccn2)n1)N(c1ccccc1)c1ccccc1.